The van der Waals surface area contributed by atoms with Crippen molar-refractivity contribution in [3.8, 4) is 5.75 Å². The van der Waals surface area contributed by atoms with E-state index in [1.54, 1.807) is 0 Å². The smallest absolute Gasteiger partial charge is 0.191 e. The van der Waals surface area contributed by atoms with E-state index in [-0.39, 0.29) is 0 Å². The van der Waals surface area contributed by atoms with Gasteiger partial charge in [-0.05, 0) is 71.2 Å². The van der Waals surface area contributed by atoms with E-state index in [1.165, 1.54) is 12.0 Å². The van der Waals surface area contributed by atoms with Crippen LogP contribution in [0.25, 0.3) is 0 Å². The van der Waals surface area contributed by atoms with E-state index < -0.39 is 0 Å². The highest BCUT2D eigenvalue weighted by molar-refractivity contribution is 5.79. The zero-order valence-electron chi connectivity index (χ0n) is 18.8. The second-order valence-corrected chi connectivity index (χ2v) is 7.44. The molecule has 0 aromatic heterocycles. The van der Waals surface area contributed by atoms with Gasteiger partial charge in [0, 0.05) is 26.2 Å². The molecule has 1 aromatic rings. The predicted molar refractivity (Wildman–Crippen MR) is 120 cm³/mol. The summed E-state index contributed by atoms with van der Waals surface area (Å²) in [4.78, 5) is 8.94. The first-order valence-electron chi connectivity index (χ1n) is 10.5. The van der Waals surface area contributed by atoms with Crippen molar-refractivity contribution in [3.63, 3.8) is 0 Å². The molecule has 0 aliphatic rings. The van der Waals surface area contributed by atoms with Gasteiger partial charge in [0.1, 0.15) is 12.4 Å². The van der Waals surface area contributed by atoms with Gasteiger partial charge in [-0.2, -0.15) is 0 Å². The number of nitrogens with one attached hydrogen (secondary N) is 2. The molecule has 6 heteroatoms. The lowest BCUT2D eigenvalue weighted by Crippen LogP contribution is -2.42. The highest BCUT2D eigenvalue weighted by Gasteiger charge is 2.07. The van der Waals surface area contributed by atoms with Gasteiger partial charge in [-0.1, -0.05) is 26.0 Å². The lowest BCUT2D eigenvalue weighted by molar-refractivity contribution is 0.261. The maximum atomic E-state index is 5.82. The summed E-state index contributed by atoms with van der Waals surface area (Å²) < 4.78 is 5.82. The number of nitrogens with zero attached hydrogens (tertiary/aromatic N) is 3. The van der Waals surface area contributed by atoms with Crippen LogP contribution < -0.4 is 15.4 Å². The van der Waals surface area contributed by atoms with Crippen LogP contribution in [-0.4, -0.2) is 75.7 Å². The van der Waals surface area contributed by atoms with E-state index in [0.29, 0.717) is 12.6 Å². The Morgan fingerprint density at radius 1 is 1.18 bits per heavy atom. The summed E-state index contributed by atoms with van der Waals surface area (Å²) in [6.07, 6.45) is 2.32. The Kier molecular flexibility index (Phi) is 12.3. The Labute approximate surface area is 172 Å². The van der Waals surface area contributed by atoms with Gasteiger partial charge in [0.15, 0.2) is 5.96 Å². The van der Waals surface area contributed by atoms with Gasteiger partial charge in [-0.25, -0.2) is 0 Å². The molecule has 2 N–H and O–H groups in total. The number of ether oxygens (including phenoxy) is 1. The second-order valence-electron chi connectivity index (χ2n) is 7.44. The van der Waals surface area contributed by atoms with Crippen molar-refractivity contribution in [2.75, 3.05) is 53.9 Å². The van der Waals surface area contributed by atoms with Crippen molar-refractivity contribution in [1.82, 2.24) is 20.4 Å². The maximum absolute atomic E-state index is 5.82. The van der Waals surface area contributed by atoms with Gasteiger partial charge in [-0.15, -0.1) is 0 Å². The summed E-state index contributed by atoms with van der Waals surface area (Å²) in [5.41, 5.74) is 1.18. The minimum Gasteiger partial charge on any atom is -0.492 e. The third kappa shape index (κ3) is 10.5. The minimum absolute atomic E-state index is 0.391. The molecule has 0 saturated heterocycles. The van der Waals surface area contributed by atoms with E-state index >= 15 is 0 Å². The number of hydrogen-bond donors (Lipinski definition) is 2. The highest BCUT2D eigenvalue weighted by Crippen LogP contribution is 2.13. The standard InChI is InChI=1S/C22H41N5O/c1-7-27(8-2)14-10-11-19(3)25-22(23-4)24-18-20-12-9-13-21(17-20)28-16-15-26(5)6/h9,12-13,17,19H,7-8,10-11,14-16,18H2,1-6H3,(H2,23,24,25). The van der Waals surface area contributed by atoms with Crippen molar-refractivity contribution in [3.05, 3.63) is 29.8 Å². The molecule has 1 unspecified atom stereocenters. The summed E-state index contributed by atoms with van der Waals surface area (Å²) >= 11 is 0. The third-order valence-electron chi connectivity index (χ3n) is 4.78. The van der Waals surface area contributed by atoms with Crippen LogP contribution in [0.3, 0.4) is 0 Å². The van der Waals surface area contributed by atoms with E-state index in [2.05, 4.69) is 58.3 Å². The Balaban J connectivity index is 2.39. The molecule has 0 spiro atoms. The zero-order chi connectivity index (χ0) is 20.8. The maximum Gasteiger partial charge on any atom is 0.191 e. The van der Waals surface area contributed by atoms with Gasteiger partial charge in [-0.3, -0.25) is 4.99 Å². The van der Waals surface area contributed by atoms with Gasteiger partial charge in [0.05, 0.1) is 0 Å². The summed E-state index contributed by atoms with van der Waals surface area (Å²) in [6.45, 7) is 12.4. The first-order chi connectivity index (χ1) is 13.5. The van der Waals surface area contributed by atoms with Crippen molar-refractivity contribution in [2.45, 2.75) is 46.2 Å². The first kappa shape index (κ1) is 24.2. The molecule has 1 rings (SSSR count). The van der Waals surface area contributed by atoms with Crippen LogP contribution in [0.4, 0.5) is 0 Å². The van der Waals surface area contributed by atoms with Gasteiger partial charge >= 0.3 is 0 Å². The van der Waals surface area contributed by atoms with E-state index in [1.807, 2.05) is 33.3 Å². The van der Waals surface area contributed by atoms with Crippen LogP contribution in [0.2, 0.25) is 0 Å². The van der Waals surface area contributed by atoms with Gasteiger partial charge in [0.2, 0.25) is 0 Å². The number of rotatable bonds is 13. The van der Waals surface area contributed by atoms with Crippen LogP contribution in [0.5, 0.6) is 5.75 Å². The van der Waals surface area contributed by atoms with E-state index in [9.17, 15) is 0 Å². The predicted octanol–water partition coefficient (Wildman–Crippen LogP) is 2.80. The lowest BCUT2D eigenvalue weighted by Gasteiger charge is -2.21. The molecule has 0 bridgehead atoms. The van der Waals surface area contributed by atoms with Gasteiger partial charge < -0.3 is 25.2 Å². The summed E-state index contributed by atoms with van der Waals surface area (Å²) in [5.74, 6) is 1.75. The largest absolute Gasteiger partial charge is 0.492 e. The van der Waals surface area contributed by atoms with Crippen LogP contribution in [0.15, 0.2) is 29.3 Å². The number of benzene rings is 1. The lowest BCUT2D eigenvalue weighted by atomic mass is 10.2. The van der Waals surface area contributed by atoms with Crippen LogP contribution in [0.1, 0.15) is 39.2 Å². The fourth-order valence-electron chi connectivity index (χ4n) is 2.94. The first-order valence-corrected chi connectivity index (χ1v) is 10.5. The molecule has 0 fully saturated rings. The molecular formula is C22H41N5O. The SMILES string of the molecule is CCN(CC)CCCC(C)NC(=NC)NCc1cccc(OCCN(C)C)c1. The summed E-state index contributed by atoms with van der Waals surface area (Å²) in [7, 11) is 5.92. The topological polar surface area (TPSA) is 52.1 Å². The Hall–Kier alpha value is -1.79. The minimum atomic E-state index is 0.391. The Morgan fingerprint density at radius 3 is 2.57 bits per heavy atom. The molecule has 0 amide bonds. The monoisotopic (exact) mass is 391 g/mol. The molecular weight excluding hydrogens is 350 g/mol. The molecule has 0 aliphatic heterocycles. The summed E-state index contributed by atoms with van der Waals surface area (Å²) in [5, 5.41) is 6.90. The number of aliphatic imine (C=N–C) groups is 1. The number of guanidine groups is 1. The third-order valence-corrected chi connectivity index (χ3v) is 4.78. The number of hydrogen-bond acceptors (Lipinski definition) is 4. The molecule has 0 radical (unpaired) electrons. The zero-order valence-corrected chi connectivity index (χ0v) is 18.8. The van der Waals surface area contributed by atoms with Crippen LogP contribution >= 0.6 is 0 Å². The molecule has 1 aromatic carbocycles. The van der Waals surface area contributed by atoms with Crippen LogP contribution in [0, 0.1) is 0 Å². The van der Waals surface area contributed by atoms with E-state index in [0.717, 1.165) is 50.9 Å². The van der Waals surface area contributed by atoms with Crippen LogP contribution in [-0.2, 0) is 6.54 Å². The fourth-order valence-corrected chi connectivity index (χ4v) is 2.94. The normalized spacial score (nSPS) is 13.1. The van der Waals surface area contributed by atoms with Crippen molar-refractivity contribution >= 4 is 5.96 Å². The van der Waals surface area contributed by atoms with Gasteiger partial charge in [0.25, 0.3) is 0 Å². The molecule has 0 saturated carbocycles. The van der Waals surface area contributed by atoms with Crippen molar-refractivity contribution in [1.29, 1.82) is 0 Å². The number of likely N-dealkylation sites (N-methyl/N-ethyl adjacent to an activating group) is 1. The summed E-state index contributed by atoms with van der Waals surface area (Å²) in [6, 6.07) is 8.62. The fraction of sp³-hybridized carbons (Fsp3) is 0.682. The second kappa shape index (κ2) is 14.2. The molecule has 28 heavy (non-hydrogen) atoms. The average molecular weight is 392 g/mol. The molecule has 0 heterocycles. The molecule has 0 aliphatic carbocycles. The average Bonchev–Trinajstić information content (AvgIpc) is 2.68. The molecule has 160 valence electrons. The van der Waals surface area contributed by atoms with E-state index in [4.69, 9.17) is 4.74 Å². The quantitative estimate of drug-likeness (QED) is 0.400. The van der Waals surface area contributed by atoms with Crippen molar-refractivity contribution in [2.24, 2.45) is 4.99 Å². The van der Waals surface area contributed by atoms with Crippen molar-refractivity contribution < 1.29 is 4.74 Å². The Morgan fingerprint density at radius 2 is 1.93 bits per heavy atom. The molecule has 6 nitrogen and oxygen atoms in total. The molecule has 1 atom stereocenters. The Bertz CT molecular complexity index is 558. The highest BCUT2D eigenvalue weighted by atomic mass is 16.5.